The van der Waals surface area contributed by atoms with Crippen molar-refractivity contribution in [3.05, 3.63) is 11.9 Å². The highest BCUT2D eigenvalue weighted by molar-refractivity contribution is 5.47. The number of ether oxygens (including phenoxy) is 1. The van der Waals surface area contributed by atoms with Gasteiger partial charge in [0.25, 0.3) is 0 Å². The van der Waals surface area contributed by atoms with Gasteiger partial charge in [0, 0.05) is 37.6 Å². The predicted molar refractivity (Wildman–Crippen MR) is 77.7 cm³/mol. The second-order valence-electron chi connectivity index (χ2n) is 5.29. The molecule has 1 saturated heterocycles. The van der Waals surface area contributed by atoms with Crippen LogP contribution < -0.4 is 10.6 Å². The molecule has 0 radical (unpaired) electrons. The summed E-state index contributed by atoms with van der Waals surface area (Å²) in [5.41, 5.74) is 0. The van der Waals surface area contributed by atoms with Crippen LogP contribution in [0.3, 0.4) is 0 Å². The van der Waals surface area contributed by atoms with Crippen molar-refractivity contribution in [1.29, 1.82) is 0 Å². The molecule has 1 unspecified atom stereocenters. The van der Waals surface area contributed by atoms with Gasteiger partial charge in [-0.2, -0.15) is 0 Å². The molecule has 1 aromatic heterocycles. The van der Waals surface area contributed by atoms with Gasteiger partial charge in [-0.3, -0.25) is 0 Å². The number of hydrogen-bond acceptors (Lipinski definition) is 5. The monoisotopic (exact) mass is 264 g/mol. The lowest BCUT2D eigenvalue weighted by Crippen LogP contribution is -2.16. The summed E-state index contributed by atoms with van der Waals surface area (Å²) < 4.78 is 5.38. The summed E-state index contributed by atoms with van der Waals surface area (Å²) in [5.74, 6) is 3.60. The molecule has 2 heterocycles. The van der Waals surface area contributed by atoms with Crippen LogP contribution in [-0.2, 0) is 4.74 Å². The number of hydrogen-bond donors (Lipinski definition) is 2. The molecule has 0 aliphatic carbocycles. The average Bonchev–Trinajstić information content (AvgIpc) is 2.89. The third kappa shape index (κ3) is 4.06. The fourth-order valence-corrected chi connectivity index (χ4v) is 2.08. The van der Waals surface area contributed by atoms with E-state index in [-0.39, 0.29) is 0 Å². The van der Waals surface area contributed by atoms with Crippen molar-refractivity contribution >= 4 is 11.6 Å². The number of aromatic nitrogens is 2. The van der Waals surface area contributed by atoms with E-state index >= 15 is 0 Å². The van der Waals surface area contributed by atoms with E-state index in [1.54, 1.807) is 0 Å². The van der Waals surface area contributed by atoms with Crippen LogP contribution in [0.15, 0.2) is 6.07 Å². The Balaban J connectivity index is 2.04. The van der Waals surface area contributed by atoms with Gasteiger partial charge in [-0.15, -0.1) is 0 Å². The van der Waals surface area contributed by atoms with Crippen LogP contribution in [0.2, 0.25) is 0 Å². The summed E-state index contributed by atoms with van der Waals surface area (Å²) in [6.07, 6.45) is 1.13. The Morgan fingerprint density at radius 1 is 1.32 bits per heavy atom. The van der Waals surface area contributed by atoms with E-state index in [0.29, 0.717) is 11.8 Å². The third-order valence-electron chi connectivity index (χ3n) is 3.21. The molecule has 2 rings (SSSR count). The summed E-state index contributed by atoms with van der Waals surface area (Å²) in [6, 6.07) is 1.98. The lowest BCUT2D eigenvalue weighted by atomic mass is 10.1. The zero-order chi connectivity index (χ0) is 13.7. The molecular formula is C14H24N4O. The number of rotatable bonds is 6. The molecule has 2 N–H and O–H groups in total. The lowest BCUT2D eigenvalue weighted by Gasteiger charge is -2.14. The zero-order valence-corrected chi connectivity index (χ0v) is 12.1. The Labute approximate surface area is 115 Å². The van der Waals surface area contributed by atoms with Crippen LogP contribution in [-0.4, -0.2) is 36.3 Å². The number of anilines is 2. The summed E-state index contributed by atoms with van der Waals surface area (Å²) in [7, 11) is 0. The Morgan fingerprint density at radius 2 is 2.05 bits per heavy atom. The highest BCUT2D eigenvalue weighted by Gasteiger charge is 2.16. The molecule has 0 aromatic carbocycles. The van der Waals surface area contributed by atoms with Crippen molar-refractivity contribution in [2.24, 2.45) is 5.92 Å². The molecule has 0 spiro atoms. The first kappa shape index (κ1) is 14.1. The fraction of sp³-hybridized carbons (Fsp3) is 0.714. The second-order valence-corrected chi connectivity index (χ2v) is 5.29. The molecule has 0 bridgehead atoms. The Hall–Kier alpha value is -1.36. The van der Waals surface area contributed by atoms with E-state index in [4.69, 9.17) is 4.74 Å². The van der Waals surface area contributed by atoms with Crippen molar-refractivity contribution in [3.63, 3.8) is 0 Å². The number of nitrogens with zero attached hydrogens (tertiary/aromatic N) is 2. The second kappa shape index (κ2) is 6.70. The largest absolute Gasteiger partial charge is 0.381 e. The Bertz CT molecular complexity index is 402. The van der Waals surface area contributed by atoms with Gasteiger partial charge >= 0.3 is 0 Å². The lowest BCUT2D eigenvalue weighted by molar-refractivity contribution is 0.187. The standard InChI is InChI=1S/C14H24N4O/c1-4-15-12-7-13(18-14(17-12)10(2)3)16-8-11-5-6-19-9-11/h7,10-11H,4-6,8-9H2,1-3H3,(H2,15,16,17,18). The molecular weight excluding hydrogens is 240 g/mol. The maximum Gasteiger partial charge on any atom is 0.135 e. The Morgan fingerprint density at radius 3 is 2.63 bits per heavy atom. The van der Waals surface area contributed by atoms with Crippen molar-refractivity contribution in [1.82, 2.24) is 9.97 Å². The van der Waals surface area contributed by atoms with Crippen LogP contribution >= 0.6 is 0 Å². The van der Waals surface area contributed by atoms with Crippen molar-refractivity contribution in [3.8, 4) is 0 Å². The molecule has 1 aliphatic rings. The molecule has 1 aromatic rings. The molecule has 106 valence electrons. The normalized spacial score (nSPS) is 18.8. The topological polar surface area (TPSA) is 59.1 Å². The highest BCUT2D eigenvalue weighted by Crippen LogP contribution is 2.18. The average molecular weight is 264 g/mol. The zero-order valence-electron chi connectivity index (χ0n) is 12.1. The van der Waals surface area contributed by atoms with Gasteiger partial charge in [0.05, 0.1) is 6.61 Å². The van der Waals surface area contributed by atoms with Crippen LogP contribution in [0, 0.1) is 5.92 Å². The first-order valence-electron chi connectivity index (χ1n) is 7.13. The SMILES string of the molecule is CCNc1cc(NCC2CCOC2)nc(C(C)C)n1. The summed E-state index contributed by atoms with van der Waals surface area (Å²) >= 11 is 0. The molecule has 5 heteroatoms. The van der Waals surface area contributed by atoms with Crippen LogP contribution in [0.25, 0.3) is 0 Å². The van der Waals surface area contributed by atoms with Gasteiger partial charge in [-0.1, -0.05) is 13.8 Å². The highest BCUT2D eigenvalue weighted by atomic mass is 16.5. The minimum atomic E-state index is 0.328. The molecule has 1 aliphatic heterocycles. The number of nitrogens with one attached hydrogen (secondary N) is 2. The molecule has 19 heavy (non-hydrogen) atoms. The van der Waals surface area contributed by atoms with Gasteiger partial charge in [0.15, 0.2) is 0 Å². The van der Waals surface area contributed by atoms with E-state index in [2.05, 4.69) is 41.4 Å². The van der Waals surface area contributed by atoms with Gasteiger partial charge < -0.3 is 15.4 Å². The van der Waals surface area contributed by atoms with Gasteiger partial charge in [-0.05, 0) is 13.3 Å². The van der Waals surface area contributed by atoms with Gasteiger partial charge in [-0.25, -0.2) is 9.97 Å². The Kier molecular flexibility index (Phi) is 4.96. The first-order valence-corrected chi connectivity index (χ1v) is 7.13. The van der Waals surface area contributed by atoms with Crippen molar-refractivity contribution < 1.29 is 4.74 Å². The van der Waals surface area contributed by atoms with E-state index < -0.39 is 0 Å². The maximum atomic E-state index is 5.38. The van der Waals surface area contributed by atoms with Crippen LogP contribution in [0.5, 0.6) is 0 Å². The van der Waals surface area contributed by atoms with Crippen molar-refractivity contribution in [2.45, 2.75) is 33.1 Å². The minimum absolute atomic E-state index is 0.328. The molecule has 1 atom stereocenters. The van der Waals surface area contributed by atoms with Crippen LogP contribution in [0.4, 0.5) is 11.6 Å². The molecule has 5 nitrogen and oxygen atoms in total. The summed E-state index contributed by atoms with van der Waals surface area (Å²) in [5, 5.41) is 6.66. The van der Waals surface area contributed by atoms with E-state index in [9.17, 15) is 0 Å². The third-order valence-corrected chi connectivity index (χ3v) is 3.21. The smallest absolute Gasteiger partial charge is 0.135 e. The van der Waals surface area contributed by atoms with E-state index in [1.807, 2.05) is 6.07 Å². The van der Waals surface area contributed by atoms with Crippen molar-refractivity contribution in [2.75, 3.05) is 36.9 Å². The predicted octanol–water partition coefficient (Wildman–Crippen LogP) is 2.48. The van der Waals surface area contributed by atoms with E-state index in [1.165, 1.54) is 0 Å². The minimum Gasteiger partial charge on any atom is -0.381 e. The fourth-order valence-electron chi connectivity index (χ4n) is 2.08. The molecule has 0 amide bonds. The van der Waals surface area contributed by atoms with Gasteiger partial charge in [0.2, 0.25) is 0 Å². The van der Waals surface area contributed by atoms with Gasteiger partial charge in [0.1, 0.15) is 17.5 Å². The molecule has 0 saturated carbocycles. The summed E-state index contributed by atoms with van der Waals surface area (Å²) in [4.78, 5) is 9.09. The quantitative estimate of drug-likeness (QED) is 0.826. The summed E-state index contributed by atoms with van der Waals surface area (Å²) in [6.45, 7) is 9.81. The maximum absolute atomic E-state index is 5.38. The van der Waals surface area contributed by atoms with Crippen LogP contribution in [0.1, 0.15) is 38.9 Å². The van der Waals surface area contributed by atoms with E-state index in [0.717, 1.165) is 50.2 Å². The first-order chi connectivity index (χ1) is 9.19. The molecule has 1 fully saturated rings.